The van der Waals surface area contributed by atoms with E-state index in [-0.39, 0.29) is 25.2 Å². The van der Waals surface area contributed by atoms with Gasteiger partial charge in [0, 0.05) is 12.2 Å². The maximum absolute atomic E-state index is 11.7. The van der Waals surface area contributed by atoms with Crippen LogP contribution in [-0.4, -0.2) is 78.8 Å². The molecule has 0 aliphatic heterocycles. The Kier molecular flexibility index (Phi) is 10.0. The van der Waals surface area contributed by atoms with E-state index in [0.717, 1.165) is 11.8 Å². The highest BCUT2D eigenvalue weighted by molar-refractivity contribution is 8.13. The fourth-order valence-corrected chi connectivity index (χ4v) is 2.03. The fraction of sp³-hybridized carbons (Fsp3) is 0.769. The smallest absolute Gasteiger partial charge is 0.359 e. The number of carboxylic acid groups (broad SMARTS) is 1. The van der Waals surface area contributed by atoms with E-state index in [1.807, 2.05) is 21.1 Å². The number of thioether (sulfide) groups is 1. The highest BCUT2D eigenvalue weighted by Gasteiger charge is 2.21. The maximum atomic E-state index is 11.7. The topological polar surface area (TPSA) is 142 Å². The van der Waals surface area contributed by atoms with Gasteiger partial charge < -0.3 is 21.1 Å². The zero-order valence-electron chi connectivity index (χ0n) is 13.7. The van der Waals surface area contributed by atoms with E-state index in [0.29, 0.717) is 11.0 Å². The van der Waals surface area contributed by atoms with Crippen LogP contribution in [0.1, 0.15) is 12.8 Å². The summed E-state index contributed by atoms with van der Waals surface area (Å²) in [7, 11) is 5.90. The normalized spacial score (nSPS) is 14.1. The molecule has 0 aromatic heterocycles. The first kappa shape index (κ1) is 21.8. The number of nitrogens with zero attached hydrogens (tertiary/aromatic N) is 1. The Balaban J connectivity index is 3.94. The molecule has 0 saturated carbocycles. The van der Waals surface area contributed by atoms with Gasteiger partial charge in [0.05, 0.1) is 27.2 Å². The molecule has 0 heterocycles. The van der Waals surface area contributed by atoms with Gasteiger partial charge in [-0.2, -0.15) is 4.89 Å². The highest BCUT2D eigenvalue weighted by atomic mass is 32.2. The van der Waals surface area contributed by atoms with E-state index < -0.39 is 29.1 Å². The second-order valence-corrected chi connectivity index (χ2v) is 7.04. The molecule has 0 spiro atoms. The number of carboxylic acids is 1. The first-order valence-corrected chi connectivity index (χ1v) is 8.05. The fourth-order valence-electron chi connectivity index (χ4n) is 1.22. The molecule has 0 saturated heterocycles. The molecule has 0 radical (unpaired) electrons. The van der Waals surface area contributed by atoms with Gasteiger partial charge in [0.2, 0.25) is 5.12 Å². The van der Waals surface area contributed by atoms with Gasteiger partial charge in [0.15, 0.2) is 0 Å². The lowest BCUT2D eigenvalue weighted by Gasteiger charge is -2.23. The number of likely N-dealkylation sites (N-methyl/N-ethyl adjacent to an activating group) is 1. The number of carbonyl (C=O) groups excluding carboxylic acids is 2. The van der Waals surface area contributed by atoms with E-state index in [1.165, 1.54) is 0 Å². The first-order chi connectivity index (χ1) is 10.5. The van der Waals surface area contributed by atoms with Crippen molar-refractivity contribution in [2.24, 2.45) is 11.5 Å². The molecule has 0 unspecified atom stereocenters. The Morgan fingerprint density at radius 1 is 1.17 bits per heavy atom. The Hall–Kier alpha value is -1.20. The summed E-state index contributed by atoms with van der Waals surface area (Å²) in [5, 5.41) is 8.10. The summed E-state index contributed by atoms with van der Waals surface area (Å²) >= 11 is 0.775. The second-order valence-electron chi connectivity index (χ2n) is 6.01. The molecule has 0 fully saturated rings. The summed E-state index contributed by atoms with van der Waals surface area (Å²) in [6, 6.07) is -1.93. The van der Waals surface area contributed by atoms with Gasteiger partial charge in [-0.1, -0.05) is 11.8 Å². The monoisotopic (exact) mass is 352 g/mol. The van der Waals surface area contributed by atoms with Crippen molar-refractivity contribution in [2.75, 3.05) is 40.0 Å². The number of rotatable bonds is 11. The summed E-state index contributed by atoms with van der Waals surface area (Å²) < 4.78 is 0.655. The zero-order chi connectivity index (χ0) is 18.0. The number of aliphatic carboxylic acids is 1. The minimum Gasteiger partial charge on any atom is -0.481 e. The lowest BCUT2D eigenvalue weighted by Crippen LogP contribution is -2.39. The molecular formula is C13H26N3O6S+. The summed E-state index contributed by atoms with van der Waals surface area (Å²) in [6.07, 6.45) is -0.156. The zero-order valence-corrected chi connectivity index (χ0v) is 14.5. The summed E-state index contributed by atoms with van der Waals surface area (Å²) in [6.45, 7) is 0.877. The third-order valence-corrected chi connectivity index (χ3v) is 3.78. The molecule has 0 bridgehead atoms. The Morgan fingerprint density at radius 3 is 2.30 bits per heavy atom. The average molecular weight is 352 g/mol. The molecule has 0 aromatic rings. The highest BCUT2D eigenvalue weighted by Crippen LogP contribution is 2.10. The predicted octanol–water partition coefficient (Wildman–Crippen LogP) is -1.05. The molecule has 0 amide bonds. The summed E-state index contributed by atoms with van der Waals surface area (Å²) in [5.41, 5.74) is 11.1. The number of hydrogen-bond donors (Lipinski definition) is 3. The molecule has 0 aliphatic rings. The van der Waals surface area contributed by atoms with Crippen LogP contribution in [0.25, 0.3) is 0 Å². The van der Waals surface area contributed by atoms with Gasteiger partial charge in [-0.3, -0.25) is 14.5 Å². The van der Waals surface area contributed by atoms with Crippen molar-refractivity contribution in [3.8, 4) is 0 Å². The Morgan fingerprint density at radius 2 is 1.78 bits per heavy atom. The average Bonchev–Trinajstić information content (AvgIpc) is 2.44. The molecular weight excluding hydrogens is 326 g/mol. The third-order valence-electron chi connectivity index (χ3n) is 2.67. The lowest BCUT2D eigenvalue weighted by molar-refractivity contribution is -0.871. The molecule has 9 nitrogen and oxygen atoms in total. The van der Waals surface area contributed by atoms with E-state index in [4.69, 9.17) is 21.5 Å². The third kappa shape index (κ3) is 12.0. The molecule has 0 aromatic carbocycles. The quantitative estimate of drug-likeness (QED) is 0.184. The van der Waals surface area contributed by atoms with E-state index in [2.05, 4.69) is 4.89 Å². The summed E-state index contributed by atoms with van der Waals surface area (Å²) in [5.74, 6) is -1.81. The first-order valence-electron chi connectivity index (χ1n) is 7.06. The van der Waals surface area contributed by atoms with Gasteiger partial charge in [0.1, 0.15) is 19.2 Å². The number of nitrogens with two attached hydrogens (primary N) is 2. The SMILES string of the molecule is C[N+](C)(C)CCOOC(=O)[C@@H](N)CSC(=O)[C@@H](N)CCC(=O)O. The van der Waals surface area contributed by atoms with E-state index in [1.54, 1.807) is 0 Å². The van der Waals surface area contributed by atoms with Crippen LogP contribution in [0.4, 0.5) is 0 Å². The van der Waals surface area contributed by atoms with Crippen LogP contribution in [0.3, 0.4) is 0 Å². The maximum Gasteiger partial charge on any atom is 0.359 e. The van der Waals surface area contributed by atoms with Crippen molar-refractivity contribution >= 4 is 28.8 Å². The molecule has 0 rings (SSSR count). The van der Waals surface area contributed by atoms with Gasteiger partial charge >= 0.3 is 11.9 Å². The molecule has 23 heavy (non-hydrogen) atoms. The van der Waals surface area contributed by atoms with Crippen LogP contribution in [0.15, 0.2) is 0 Å². The number of quaternary nitrogens is 1. The Labute approximate surface area is 139 Å². The van der Waals surface area contributed by atoms with Gasteiger partial charge in [0.25, 0.3) is 0 Å². The van der Waals surface area contributed by atoms with Crippen LogP contribution in [0.2, 0.25) is 0 Å². The van der Waals surface area contributed by atoms with Crippen LogP contribution < -0.4 is 11.5 Å². The number of hydrogen-bond acceptors (Lipinski definition) is 8. The van der Waals surface area contributed by atoms with Crippen molar-refractivity contribution in [2.45, 2.75) is 24.9 Å². The van der Waals surface area contributed by atoms with Crippen LogP contribution >= 0.6 is 11.8 Å². The van der Waals surface area contributed by atoms with Crippen molar-refractivity contribution < 1.29 is 33.7 Å². The van der Waals surface area contributed by atoms with Gasteiger partial charge in [-0.25, -0.2) is 4.79 Å². The lowest BCUT2D eigenvalue weighted by atomic mass is 10.2. The van der Waals surface area contributed by atoms with Crippen molar-refractivity contribution in [3.05, 3.63) is 0 Å². The van der Waals surface area contributed by atoms with Crippen LogP contribution in [0.5, 0.6) is 0 Å². The van der Waals surface area contributed by atoms with Gasteiger partial charge in [-0.05, 0) is 6.42 Å². The molecule has 134 valence electrons. The minimum atomic E-state index is -1.03. The molecule has 10 heteroatoms. The Bertz CT molecular complexity index is 413. The van der Waals surface area contributed by atoms with Crippen molar-refractivity contribution in [1.82, 2.24) is 0 Å². The van der Waals surface area contributed by atoms with E-state index >= 15 is 0 Å². The van der Waals surface area contributed by atoms with Crippen molar-refractivity contribution in [3.63, 3.8) is 0 Å². The summed E-state index contributed by atoms with van der Waals surface area (Å²) in [4.78, 5) is 43.0. The van der Waals surface area contributed by atoms with Gasteiger partial charge in [-0.15, -0.1) is 0 Å². The minimum absolute atomic E-state index is 0.0167. The van der Waals surface area contributed by atoms with Crippen molar-refractivity contribution in [1.29, 1.82) is 0 Å². The van der Waals surface area contributed by atoms with Crippen LogP contribution in [0, 0.1) is 0 Å². The largest absolute Gasteiger partial charge is 0.481 e. The standard InChI is InChI=1S/C13H25N3O6S/c1-16(2,3)6-7-21-22-12(19)10(15)8-23-13(20)9(14)4-5-11(17)18/h9-10H,4-8,14-15H2,1-3H3/p+1/t9-,10-/m0/s1. The molecule has 0 aliphatic carbocycles. The molecule has 2 atom stereocenters. The van der Waals surface area contributed by atoms with Crippen LogP contribution in [-0.2, 0) is 24.2 Å². The molecule has 5 N–H and O–H groups in total. The predicted molar refractivity (Wildman–Crippen MR) is 85.2 cm³/mol. The second kappa shape index (κ2) is 10.6. The van der Waals surface area contributed by atoms with E-state index in [9.17, 15) is 14.4 Å². The number of carbonyl (C=O) groups is 3.